The number of carbonyl (C=O) groups excluding carboxylic acids is 1. The highest BCUT2D eigenvalue weighted by atomic mass is 79.9. The summed E-state index contributed by atoms with van der Waals surface area (Å²) in [6.07, 6.45) is -0.824. The van der Waals surface area contributed by atoms with Gasteiger partial charge in [0.25, 0.3) is 0 Å². The zero-order valence-corrected chi connectivity index (χ0v) is 15.6. The van der Waals surface area contributed by atoms with E-state index in [1.165, 1.54) is 13.2 Å². The Morgan fingerprint density at radius 2 is 2.04 bits per heavy atom. The van der Waals surface area contributed by atoms with E-state index in [2.05, 4.69) is 33.3 Å². The third-order valence-corrected chi connectivity index (χ3v) is 4.31. The number of rotatable bonds is 5. The molecule has 2 aromatic carbocycles. The first kappa shape index (κ1) is 18.6. The van der Waals surface area contributed by atoms with Gasteiger partial charge in [0, 0.05) is 17.4 Å². The van der Waals surface area contributed by atoms with Gasteiger partial charge in [0.15, 0.2) is 0 Å². The fraction of sp³-hybridized carbons (Fsp3) is 0.235. The zero-order chi connectivity index (χ0) is 17.7. The van der Waals surface area contributed by atoms with Crippen molar-refractivity contribution >= 4 is 34.7 Å². The summed E-state index contributed by atoms with van der Waals surface area (Å²) in [5, 5.41) is 0. The van der Waals surface area contributed by atoms with Crippen molar-refractivity contribution < 1.29 is 23.4 Å². The number of aryl methyl sites for hydroxylation is 1. The molecule has 0 saturated carbocycles. The SMILES string of the molecule is COC(=O)Oc1cccc(CS)c1COc1cc(F)c(C)cc1Br. The maximum absolute atomic E-state index is 13.7. The standard InChI is InChI=1S/C17H16BrFO4S/c1-10-6-13(18)16(7-14(10)19)22-8-12-11(9-24)4-3-5-15(12)23-17(20)21-2/h3-7,24H,8-9H2,1-2H3. The molecular formula is C17H16BrFO4S. The van der Waals surface area contributed by atoms with Crippen molar-refractivity contribution in [2.45, 2.75) is 19.3 Å². The van der Waals surface area contributed by atoms with E-state index in [9.17, 15) is 9.18 Å². The number of benzene rings is 2. The Balaban J connectivity index is 2.28. The van der Waals surface area contributed by atoms with Crippen molar-refractivity contribution in [3.63, 3.8) is 0 Å². The van der Waals surface area contributed by atoms with Gasteiger partial charge in [-0.1, -0.05) is 12.1 Å². The first-order valence-corrected chi connectivity index (χ1v) is 8.44. The highest BCUT2D eigenvalue weighted by Crippen LogP contribution is 2.31. The summed E-state index contributed by atoms with van der Waals surface area (Å²) in [7, 11) is 1.23. The van der Waals surface area contributed by atoms with Crippen LogP contribution in [0.25, 0.3) is 0 Å². The van der Waals surface area contributed by atoms with E-state index in [4.69, 9.17) is 9.47 Å². The van der Waals surface area contributed by atoms with E-state index >= 15 is 0 Å². The van der Waals surface area contributed by atoms with Crippen LogP contribution in [0, 0.1) is 12.7 Å². The minimum Gasteiger partial charge on any atom is -0.487 e. The molecule has 0 saturated heterocycles. The molecule has 0 fully saturated rings. The van der Waals surface area contributed by atoms with Crippen LogP contribution in [-0.4, -0.2) is 13.3 Å². The first-order valence-electron chi connectivity index (χ1n) is 7.02. The zero-order valence-electron chi connectivity index (χ0n) is 13.1. The van der Waals surface area contributed by atoms with Gasteiger partial charge >= 0.3 is 6.16 Å². The molecule has 24 heavy (non-hydrogen) atoms. The predicted octanol–water partition coefficient (Wildman–Crippen LogP) is 5.05. The lowest BCUT2D eigenvalue weighted by atomic mass is 10.1. The smallest absolute Gasteiger partial charge is 0.487 e. The van der Waals surface area contributed by atoms with Gasteiger partial charge in [-0.3, -0.25) is 0 Å². The van der Waals surface area contributed by atoms with Gasteiger partial charge in [0.1, 0.15) is 23.9 Å². The normalized spacial score (nSPS) is 10.4. The van der Waals surface area contributed by atoms with Gasteiger partial charge in [-0.05, 0) is 46.1 Å². The molecular weight excluding hydrogens is 399 g/mol. The van der Waals surface area contributed by atoms with Crippen LogP contribution in [0.4, 0.5) is 9.18 Å². The van der Waals surface area contributed by atoms with Crippen LogP contribution in [0.5, 0.6) is 11.5 Å². The van der Waals surface area contributed by atoms with E-state index in [1.54, 1.807) is 25.1 Å². The molecule has 0 spiro atoms. The van der Waals surface area contributed by atoms with Crippen molar-refractivity contribution in [3.8, 4) is 11.5 Å². The molecule has 2 rings (SSSR count). The Morgan fingerprint density at radius 3 is 2.71 bits per heavy atom. The van der Waals surface area contributed by atoms with Gasteiger partial charge in [0.05, 0.1) is 11.6 Å². The number of thiol groups is 1. The monoisotopic (exact) mass is 414 g/mol. The lowest BCUT2D eigenvalue weighted by Gasteiger charge is -2.15. The summed E-state index contributed by atoms with van der Waals surface area (Å²) < 4.78 is 29.7. The molecule has 0 heterocycles. The number of hydrogen-bond acceptors (Lipinski definition) is 5. The molecule has 0 atom stereocenters. The number of methoxy groups -OCH3 is 1. The van der Waals surface area contributed by atoms with Crippen molar-refractivity contribution in [3.05, 3.63) is 57.3 Å². The van der Waals surface area contributed by atoms with E-state index in [-0.39, 0.29) is 12.4 Å². The van der Waals surface area contributed by atoms with E-state index in [1.807, 2.05) is 6.07 Å². The van der Waals surface area contributed by atoms with Crippen LogP contribution in [-0.2, 0) is 17.1 Å². The summed E-state index contributed by atoms with van der Waals surface area (Å²) in [5.74, 6) is 0.746. The Kier molecular flexibility index (Phi) is 6.51. The Labute approximate surface area is 153 Å². The minimum absolute atomic E-state index is 0.0875. The predicted molar refractivity (Wildman–Crippen MR) is 95.3 cm³/mol. The van der Waals surface area contributed by atoms with Gasteiger partial charge in [-0.15, -0.1) is 0 Å². The lowest BCUT2D eigenvalue weighted by molar-refractivity contribution is 0.120. The third kappa shape index (κ3) is 4.42. The van der Waals surface area contributed by atoms with Crippen LogP contribution in [0.2, 0.25) is 0 Å². The molecule has 0 aliphatic carbocycles. The highest BCUT2D eigenvalue weighted by molar-refractivity contribution is 9.10. The Bertz CT molecular complexity index is 752. The van der Waals surface area contributed by atoms with E-state index in [0.29, 0.717) is 32.9 Å². The molecule has 0 aromatic heterocycles. The summed E-state index contributed by atoms with van der Waals surface area (Å²) in [5.41, 5.74) is 1.99. The Morgan fingerprint density at radius 1 is 1.29 bits per heavy atom. The van der Waals surface area contributed by atoms with Gasteiger partial charge in [-0.25, -0.2) is 9.18 Å². The van der Waals surface area contributed by atoms with Crippen molar-refractivity contribution in [1.29, 1.82) is 0 Å². The summed E-state index contributed by atoms with van der Waals surface area (Å²) >= 11 is 7.62. The molecule has 0 aliphatic rings. The highest BCUT2D eigenvalue weighted by Gasteiger charge is 2.15. The van der Waals surface area contributed by atoms with E-state index < -0.39 is 6.16 Å². The second-order valence-electron chi connectivity index (χ2n) is 4.93. The topological polar surface area (TPSA) is 44.8 Å². The molecule has 0 radical (unpaired) electrons. The molecule has 4 nitrogen and oxygen atoms in total. The average Bonchev–Trinajstić information content (AvgIpc) is 2.57. The maximum Gasteiger partial charge on any atom is 0.513 e. The molecule has 0 unspecified atom stereocenters. The van der Waals surface area contributed by atoms with Crippen LogP contribution < -0.4 is 9.47 Å². The first-order chi connectivity index (χ1) is 11.5. The van der Waals surface area contributed by atoms with Gasteiger partial charge in [-0.2, -0.15) is 12.6 Å². The summed E-state index contributed by atoms with van der Waals surface area (Å²) in [6.45, 7) is 1.76. The molecule has 2 aromatic rings. The largest absolute Gasteiger partial charge is 0.513 e. The molecule has 0 bridgehead atoms. The Hall–Kier alpha value is -1.73. The number of hydrogen-bond donors (Lipinski definition) is 1. The molecule has 0 aliphatic heterocycles. The average molecular weight is 415 g/mol. The van der Waals surface area contributed by atoms with Crippen LogP contribution >= 0.6 is 28.6 Å². The fourth-order valence-corrected chi connectivity index (χ4v) is 2.91. The molecule has 7 heteroatoms. The van der Waals surface area contributed by atoms with Crippen molar-refractivity contribution in [2.75, 3.05) is 7.11 Å². The van der Waals surface area contributed by atoms with Crippen LogP contribution in [0.3, 0.4) is 0 Å². The second kappa shape index (κ2) is 8.39. The third-order valence-electron chi connectivity index (χ3n) is 3.35. The van der Waals surface area contributed by atoms with E-state index in [0.717, 1.165) is 5.56 Å². The van der Waals surface area contributed by atoms with Gasteiger partial charge in [0.2, 0.25) is 0 Å². The quantitative estimate of drug-likeness (QED) is 0.422. The van der Waals surface area contributed by atoms with Crippen LogP contribution in [0.15, 0.2) is 34.8 Å². The lowest BCUT2D eigenvalue weighted by Crippen LogP contribution is -2.11. The second-order valence-corrected chi connectivity index (χ2v) is 6.10. The van der Waals surface area contributed by atoms with Gasteiger partial charge < -0.3 is 14.2 Å². The van der Waals surface area contributed by atoms with Crippen molar-refractivity contribution in [2.24, 2.45) is 0 Å². The fourth-order valence-electron chi connectivity index (χ4n) is 2.04. The number of ether oxygens (including phenoxy) is 3. The maximum atomic E-state index is 13.7. The minimum atomic E-state index is -0.824. The molecule has 128 valence electrons. The molecule has 0 N–H and O–H groups in total. The summed E-state index contributed by atoms with van der Waals surface area (Å²) in [4.78, 5) is 11.4. The molecule has 0 amide bonds. The van der Waals surface area contributed by atoms with Crippen LogP contribution in [0.1, 0.15) is 16.7 Å². The number of carbonyl (C=O) groups is 1. The summed E-state index contributed by atoms with van der Waals surface area (Å²) in [6, 6.07) is 8.17. The van der Waals surface area contributed by atoms with Crippen molar-refractivity contribution in [1.82, 2.24) is 0 Å². The number of halogens is 2.